The molecule has 0 bridgehead atoms. The minimum atomic E-state index is -0.392. The largest absolute Gasteiger partial charge is 0.468 e. The number of hydrogen-bond acceptors (Lipinski definition) is 6. The number of hydrogen-bond donors (Lipinski definition) is 1. The zero-order valence-electron chi connectivity index (χ0n) is 8.98. The smallest absolute Gasteiger partial charge is 0.325 e. The van der Waals surface area contributed by atoms with Crippen LogP contribution in [0.3, 0.4) is 0 Å². The fraction of sp³-hybridized carbons (Fsp3) is 0.200. The van der Waals surface area contributed by atoms with Gasteiger partial charge < -0.3 is 10.1 Å². The Morgan fingerprint density at radius 1 is 1.53 bits per heavy atom. The van der Waals surface area contributed by atoms with Gasteiger partial charge in [-0.3, -0.25) is 4.79 Å². The molecule has 0 amide bonds. The Kier molecular flexibility index (Phi) is 3.34. The van der Waals surface area contributed by atoms with Gasteiger partial charge in [0.1, 0.15) is 12.4 Å². The number of aromatic nitrogens is 3. The first-order valence-corrected chi connectivity index (χ1v) is 5.17. The molecule has 88 valence electrons. The van der Waals surface area contributed by atoms with Crippen LogP contribution in [-0.4, -0.2) is 34.6 Å². The predicted molar refractivity (Wildman–Crippen MR) is 62.8 cm³/mol. The van der Waals surface area contributed by atoms with Crippen LogP contribution in [0.2, 0.25) is 5.28 Å². The summed E-state index contributed by atoms with van der Waals surface area (Å²) in [6.45, 7) is 0.00777. The molecule has 0 fully saturated rings. The molecule has 0 aliphatic carbocycles. The summed E-state index contributed by atoms with van der Waals surface area (Å²) in [5.41, 5.74) is 0.472. The number of methoxy groups -OCH3 is 1. The monoisotopic (exact) mass is 252 g/mol. The summed E-state index contributed by atoms with van der Waals surface area (Å²) in [5, 5.41) is 3.60. The van der Waals surface area contributed by atoms with E-state index >= 15 is 0 Å². The quantitative estimate of drug-likeness (QED) is 0.655. The van der Waals surface area contributed by atoms with E-state index in [1.807, 2.05) is 0 Å². The molecule has 7 heteroatoms. The molecule has 0 aromatic carbocycles. The molecule has 0 saturated heterocycles. The normalized spacial score (nSPS) is 10.2. The lowest BCUT2D eigenvalue weighted by atomic mass is 10.3. The van der Waals surface area contributed by atoms with Crippen LogP contribution in [0.15, 0.2) is 18.3 Å². The van der Waals surface area contributed by atoms with Gasteiger partial charge in [0.15, 0.2) is 5.65 Å². The Balaban J connectivity index is 2.35. The number of carbonyl (C=O) groups excluding carboxylic acids is 1. The third-order valence-electron chi connectivity index (χ3n) is 2.07. The van der Waals surface area contributed by atoms with Gasteiger partial charge in [0.05, 0.1) is 12.5 Å². The zero-order valence-corrected chi connectivity index (χ0v) is 9.73. The summed E-state index contributed by atoms with van der Waals surface area (Å²) in [6, 6.07) is 3.54. The average molecular weight is 253 g/mol. The lowest BCUT2D eigenvalue weighted by molar-refractivity contribution is -0.138. The van der Waals surface area contributed by atoms with E-state index in [2.05, 4.69) is 25.0 Å². The molecule has 0 unspecified atom stereocenters. The maximum absolute atomic E-state index is 11.0. The van der Waals surface area contributed by atoms with Crippen molar-refractivity contribution in [2.24, 2.45) is 0 Å². The van der Waals surface area contributed by atoms with Gasteiger partial charge in [0, 0.05) is 6.20 Å². The zero-order chi connectivity index (χ0) is 12.3. The molecule has 0 aliphatic heterocycles. The minimum Gasteiger partial charge on any atom is -0.468 e. The van der Waals surface area contributed by atoms with E-state index in [0.29, 0.717) is 16.9 Å². The third-order valence-corrected chi connectivity index (χ3v) is 2.24. The van der Waals surface area contributed by atoms with Crippen LogP contribution in [0.25, 0.3) is 11.0 Å². The van der Waals surface area contributed by atoms with Crippen LogP contribution in [0.5, 0.6) is 0 Å². The van der Waals surface area contributed by atoms with Crippen LogP contribution >= 0.6 is 11.6 Å². The van der Waals surface area contributed by atoms with Crippen molar-refractivity contribution in [2.45, 2.75) is 0 Å². The average Bonchev–Trinajstić information content (AvgIpc) is 2.35. The van der Waals surface area contributed by atoms with Crippen molar-refractivity contribution < 1.29 is 9.53 Å². The van der Waals surface area contributed by atoms with Gasteiger partial charge >= 0.3 is 5.97 Å². The summed E-state index contributed by atoms with van der Waals surface area (Å²) >= 11 is 5.75. The van der Waals surface area contributed by atoms with Gasteiger partial charge in [0.2, 0.25) is 5.28 Å². The number of fused-ring (bicyclic) bond motifs is 1. The second-order valence-corrected chi connectivity index (χ2v) is 3.48. The fourth-order valence-electron chi connectivity index (χ4n) is 1.30. The Labute approximate surface area is 102 Å². The van der Waals surface area contributed by atoms with E-state index in [4.69, 9.17) is 11.6 Å². The van der Waals surface area contributed by atoms with Crippen molar-refractivity contribution in [3.63, 3.8) is 0 Å². The van der Waals surface area contributed by atoms with Crippen LogP contribution in [-0.2, 0) is 9.53 Å². The molecule has 1 N–H and O–H groups in total. The van der Waals surface area contributed by atoms with E-state index in [0.717, 1.165) is 0 Å². The molecule has 2 rings (SSSR count). The van der Waals surface area contributed by atoms with Gasteiger partial charge in [0.25, 0.3) is 0 Å². The number of esters is 1. The maximum Gasteiger partial charge on any atom is 0.325 e. The third kappa shape index (κ3) is 2.59. The van der Waals surface area contributed by atoms with Gasteiger partial charge in [-0.15, -0.1) is 0 Å². The molecule has 0 aliphatic rings. The molecule has 6 nitrogen and oxygen atoms in total. The standard InChI is InChI=1S/C10H9ClN4O2/c1-17-7(16)5-13-9-6-3-2-4-12-8(6)14-10(11)15-9/h2-4H,5H2,1H3,(H,12,13,14,15). The van der Waals surface area contributed by atoms with E-state index in [1.54, 1.807) is 18.3 Å². The number of halogens is 1. The number of rotatable bonds is 3. The number of nitrogens with zero attached hydrogens (tertiary/aromatic N) is 3. The van der Waals surface area contributed by atoms with Crippen molar-refractivity contribution >= 4 is 34.4 Å². The molecule has 2 aromatic heterocycles. The number of carbonyl (C=O) groups is 1. The van der Waals surface area contributed by atoms with E-state index in [-0.39, 0.29) is 11.8 Å². The van der Waals surface area contributed by atoms with Crippen molar-refractivity contribution in [3.8, 4) is 0 Å². The van der Waals surface area contributed by atoms with Crippen LogP contribution in [0.1, 0.15) is 0 Å². The van der Waals surface area contributed by atoms with E-state index in [9.17, 15) is 4.79 Å². The second-order valence-electron chi connectivity index (χ2n) is 3.15. The molecule has 0 saturated carbocycles. The minimum absolute atomic E-state index is 0.00777. The second kappa shape index (κ2) is 4.92. The lowest BCUT2D eigenvalue weighted by Crippen LogP contribution is -2.16. The highest BCUT2D eigenvalue weighted by Crippen LogP contribution is 2.19. The van der Waals surface area contributed by atoms with Crippen LogP contribution in [0.4, 0.5) is 5.82 Å². The molecule has 2 heterocycles. The molecule has 2 aromatic rings. The summed E-state index contributed by atoms with van der Waals surface area (Å²) in [7, 11) is 1.32. The summed E-state index contributed by atoms with van der Waals surface area (Å²) in [5.74, 6) is 0.0651. The highest BCUT2D eigenvalue weighted by Gasteiger charge is 2.08. The highest BCUT2D eigenvalue weighted by atomic mass is 35.5. The van der Waals surface area contributed by atoms with Gasteiger partial charge in [-0.25, -0.2) is 9.97 Å². The van der Waals surface area contributed by atoms with Gasteiger partial charge in [-0.2, -0.15) is 4.98 Å². The Morgan fingerprint density at radius 3 is 3.12 bits per heavy atom. The van der Waals surface area contributed by atoms with Crippen molar-refractivity contribution in [2.75, 3.05) is 19.0 Å². The van der Waals surface area contributed by atoms with Gasteiger partial charge in [-0.05, 0) is 23.7 Å². The fourth-order valence-corrected chi connectivity index (χ4v) is 1.46. The predicted octanol–water partition coefficient (Wildman–Crippen LogP) is 1.26. The SMILES string of the molecule is COC(=O)CNc1nc(Cl)nc2ncccc12. The molecular weight excluding hydrogens is 244 g/mol. The molecule has 0 radical (unpaired) electrons. The molecular formula is C10H9ClN4O2. The molecule has 0 atom stereocenters. The first-order chi connectivity index (χ1) is 8.20. The number of anilines is 1. The van der Waals surface area contributed by atoms with Crippen LogP contribution in [0, 0.1) is 0 Å². The lowest BCUT2D eigenvalue weighted by Gasteiger charge is -2.07. The van der Waals surface area contributed by atoms with Crippen molar-refractivity contribution in [3.05, 3.63) is 23.6 Å². The maximum atomic E-state index is 11.0. The number of pyridine rings is 1. The first-order valence-electron chi connectivity index (χ1n) is 4.79. The first kappa shape index (κ1) is 11.5. The van der Waals surface area contributed by atoms with Crippen molar-refractivity contribution in [1.29, 1.82) is 0 Å². The Bertz CT molecular complexity index is 561. The van der Waals surface area contributed by atoms with Gasteiger partial charge in [-0.1, -0.05) is 0 Å². The van der Waals surface area contributed by atoms with Crippen molar-refractivity contribution in [1.82, 2.24) is 15.0 Å². The van der Waals surface area contributed by atoms with E-state index in [1.165, 1.54) is 7.11 Å². The number of nitrogens with one attached hydrogen (secondary N) is 1. The summed E-state index contributed by atoms with van der Waals surface area (Å²) < 4.78 is 4.52. The molecule has 17 heavy (non-hydrogen) atoms. The molecule has 0 spiro atoms. The summed E-state index contributed by atoms with van der Waals surface area (Å²) in [6.07, 6.45) is 1.61. The number of ether oxygens (including phenoxy) is 1. The Hall–Kier alpha value is -1.95. The topological polar surface area (TPSA) is 77.0 Å². The van der Waals surface area contributed by atoms with E-state index < -0.39 is 5.97 Å². The summed E-state index contributed by atoms with van der Waals surface area (Å²) in [4.78, 5) is 23.1. The highest BCUT2D eigenvalue weighted by molar-refractivity contribution is 6.28. The Morgan fingerprint density at radius 2 is 2.35 bits per heavy atom. The van der Waals surface area contributed by atoms with Crippen LogP contribution < -0.4 is 5.32 Å².